The number of hydrogen-bond acceptors (Lipinski definition) is 5. The van der Waals surface area contributed by atoms with Crippen molar-refractivity contribution in [2.75, 3.05) is 18.1 Å². The first kappa shape index (κ1) is 11.6. The molecule has 0 aromatic carbocycles. The van der Waals surface area contributed by atoms with Gasteiger partial charge in [0.1, 0.15) is 0 Å². The van der Waals surface area contributed by atoms with Crippen LogP contribution in [0.5, 0.6) is 0 Å². The summed E-state index contributed by atoms with van der Waals surface area (Å²) in [5.74, 6) is 0.952. The third kappa shape index (κ3) is 1.89. The van der Waals surface area contributed by atoms with Gasteiger partial charge >= 0.3 is 0 Å². The lowest BCUT2D eigenvalue weighted by Crippen LogP contribution is -2.40. The van der Waals surface area contributed by atoms with Crippen LogP contribution in [0.15, 0.2) is 18.2 Å². The monoisotopic (exact) mass is 266 g/mol. The molecule has 0 amide bonds. The zero-order valence-electron chi connectivity index (χ0n) is 10.00. The SMILES string of the molecule is Cc1cccc2nnc(C3CS(=O)(=O)CCN3)n12. The fourth-order valence-corrected chi connectivity index (χ4v) is 3.67. The van der Waals surface area contributed by atoms with Crippen LogP contribution in [-0.4, -0.2) is 41.1 Å². The molecule has 6 nitrogen and oxygen atoms in total. The third-order valence-corrected chi connectivity index (χ3v) is 4.85. The van der Waals surface area contributed by atoms with Crippen LogP contribution in [0.2, 0.25) is 0 Å². The summed E-state index contributed by atoms with van der Waals surface area (Å²) in [5, 5.41) is 11.4. The van der Waals surface area contributed by atoms with E-state index in [1.54, 1.807) is 0 Å². The van der Waals surface area contributed by atoms with Crippen LogP contribution in [0, 0.1) is 6.92 Å². The lowest BCUT2D eigenvalue weighted by molar-refractivity contribution is 0.512. The molecule has 0 aliphatic carbocycles. The molecular weight excluding hydrogens is 252 g/mol. The minimum absolute atomic E-state index is 0.0854. The van der Waals surface area contributed by atoms with Crippen LogP contribution in [0.25, 0.3) is 5.65 Å². The highest BCUT2D eigenvalue weighted by Crippen LogP contribution is 2.19. The van der Waals surface area contributed by atoms with Crippen LogP contribution in [0.1, 0.15) is 17.6 Å². The summed E-state index contributed by atoms with van der Waals surface area (Å²) in [6.45, 7) is 2.42. The Kier molecular flexibility index (Phi) is 2.60. The summed E-state index contributed by atoms with van der Waals surface area (Å²) in [6, 6.07) is 5.45. The second kappa shape index (κ2) is 4.03. The third-order valence-electron chi connectivity index (χ3n) is 3.18. The van der Waals surface area contributed by atoms with Crippen molar-refractivity contribution in [1.82, 2.24) is 19.9 Å². The summed E-state index contributed by atoms with van der Waals surface area (Å²) in [5.41, 5.74) is 1.74. The average Bonchev–Trinajstić information content (AvgIpc) is 2.73. The predicted molar refractivity (Wildman–Crippen MR) is 67.1 cm³/mol. The minimum Gasteiger partial charge on any atom is -0.305 e. The van der Waals surface area contributed by atoms with Gasteiger partial charge in [-0.25, -0.2) is 8.42 Å². The molecular formula is C11H14N4O2S. The maximum absolute atomic E-state index is 11.7. The van der Waals surface area contributed by atoms with E-state index in [0.717, 1.165) is 11.3 Å². The number of aryl methyl sites for hydroxylation is 1. The molecule has 1 fully saturated rings. The summed E-state index contributed by atoms with van der Waals surface area (Å²) >= 11 is 0. The van der Waals surface area contributed by atoms with E-state index in [2.05, 4.69) is 15.5 Å². The van der Waals surface area contributed by atoms with E-state index in [4.69, 9.17) is 0 Å². The fraction of sp³-hybridized carbons (Fsp3) is 0.455. The first-order valence-corrected chi connectivity index (χ1v) is 7.63. The maximum atomic E-state index is 11.7. The number of pyridine rings is 1. The standard InChI is InChI=1S/C11H14N4O2S/c1-8-3-2-4-10-13-14-11(15(8)10)9-7-18(16,17)6-5-12-9/h2-4,9,12H,5-7H2,1H3. The Hall–Kier alpha value is -1.47. The molecule has 96 valence electrons. The minimum atomic E-state index is -2.98. The van der Waals surface area contributed by atoms with Gasteiger partial charge in [-0.1, -0.05) is 6.07 Å². The van der Waals surface area contributed by atoms with E-state index >= 15 is 0 Å². The molecule has 2 aromatic rings. The van der Waals surface area contributed by atoms with Gasteiger partial charge in [-0.3, -0.25) is 4.40 Å². The molecule has 0 radical (unpaired) electrons. The predicted octanol–water partition coefficient (Wildman–Crippen LogP) is 0.0968. The number of fused-ring (bicyclic) bond motifs is 1. The van der Waals surface area contributed by atoms with Gasteiger partial charge in [0, 0.05) is 12.2 Å². The Morgan fingerprint density at radius 3 is 3.00 bits per heavy atom. The fourth-order valence-electron chi connectivity index (χ4n) is 2.30. The molecule has 1 unspecified atom stereocenters. The second-order valence-electron chi connectivity index (χ2n) is 4.54. The largest absolute Gasteiger partial charge is 0.305 e. The van der Waals surface area contributed by atoms with E-state index in [0.29, 0.717) is 12.4 Å². The lowest BCUT2D eigenvalue weighted by atomic mass is 10.3. The molecule has 1 aliphatic heterocycles. The Morgan fingerprint density at radius 1 is 1.39 bits per heavy atom. The molecule has 1 saturated heterocycles. The Morgan fingerprint density at radius 2 is 2.22 bits per heavy atom. The molecule has 18 heavy (non-hydrogen) atoms. The normalized spacial score (nSPS) is 23.3. The summed E-state index contributed by atoms with van der Waals surface area (Å²) in [4.78, 5) is 0. The van der Waals surface area contributed by atoms with Crippen molar-refractivity contribution in [3.05, 3.63) is 29.7 Å². The van der Waals surface area contributed by atoms with Crippen LogP contribution in [-0.2, 0) is 9.84 Å². The van der Waals surface area contributed by atoms with Crippen molar-refractivity contribution >= 4 is 15.5 Å². The highest BCUT2D eigenvalue weighted by Gasteiger charge is 2.29. The molecule has 7 heteroatoms. The highest BCUT2D eigenvalue weighted by molar-refractivity contribution is 7.91. The molecule has 0 saturated carbocycles. The van der Waals surface area contributed by atoms with Gasteiger partial charge in [-0.2, -0.15) is 0 Å². The first-order chi connectivity index (χ1) is 8.57. The van der Waals surface area contributed by atoms with Crippen LogP contribution >= 0.6 is 0 Å². The van der Waals surface area contributed by atoms with Crippen molar-refractivity contribution in [1.29, 1.82) is 0 Å². The lowest BCUT2D eigenvalue weighted by Gasteiger charge is -2.22. The summed E-state index contributed by atoms with van der Waals surface area (Å²) in [7, 11) is -2.98. The van der Waals surface area contributed by atoms with E-state index in [1.807, 2.05) is 29.5 Å². The molecule has 0 spiro atoms. The topological polar surface area (TPSA) is 76.4 Å². The highest BCUT2D eigenvalue weighted by atomic mass is 32.2. The maximum Gasteiger partial charge on any atom is 0.161 e. The van der Waals surface area contributed by atoms with Gasteiger partial charge in [0.05, 0.1) is 17.5 Å². The van der Waals surface area contributed by atoms with Crippen molar-refractivity contribution in [3.8, 4) is 0 Å². The number of hydrogen-bond donors (Lipinski definition) is 1. The number of nitrogens with one attached hydrogen (secondary N) is 1. The van der Waals surface area contributed by atoms with Crippen molar-refractivity contribution in [2.45, 2.75) is 13.0 Å². The Balaban J connectivity index is 2.09. The van der Waals surface area contributed by atoms with Crippen LogP contribution < -0.4 is 5.32 Å². The molecule has 3 heterocycles. The van der Waals surface area contributed by atoms with Crippen LogP contribution in [0.3, 0.4) is 0 Å². The van der Waals surface area contributed by atoms with E-state index in [1.165, 1.54) is 0 Å². The zero-order valence-corrected chi connectivity index (χ0v) is 10.8. The quantitative estimate of drug-likeness (QED) is 0.792. The van der Waals surface area contributed by atoms with Crippen molar-refractivity contribution in [2.24, 2.45) is 0 Å². The Labute approximate surface area is 105 Å². The molecule has 1 atom stereocenters. The van der Waals surface area contributed by atoms with Gasteiger partial charge in [0.15, 0.2) is 21.3 Å². The second-order valence-corrected chi connectivity index (χ2v) is 6.77. The molecule has 3 rings (SSSR count). The molecule has 1 aliphatic rings. The van der Waals surface area contributed by atoms with Gasteiger partial charge < -0.3 is 5.32 Å². The zero-order chi connectivity index (χ0) is 12.8. The van der Waals surface area contributed by atoms with Gasteiger partial charge in [-0.05, 0) is 19.1 Å². The van der Waals surface area contributed by atoms with E-state index in [-0.39, 0.29) is 17.5 Å². The smallest absolute Gasteiger partial charge is 0.161 e. The number of sulfone groups is 1. The van der Waals surface area contributed by atoms with Crippen LogP contribution in [0.4, 0.5) is 0 Å². The van der Waals surface area contributed by atoms with E-state index in [9.17, 15) is 8.42 Å². The summed E-state index contributed by atoms with van der Waals surface area (Å²) in [6.07, 6.45) is 0. The van der Waals surface area contributed by atoms with Gasteiger partial charge in [0.25, 0.3) is 0 Å². The Bertz CT molecular complexity index is 692. The van der Waals surface area contributed by atoms with Gasteiger partial charge in [-0.15, -0.1) is 10.2 Å². The first-order valence-electron chi connectivity index (χ1n) is 5.81. The molecule has 1 N–H and O–H groups in total. The molecule has 2 aromatic heterocycles. The number of rotatable bonds is 1. The van der Waals surface area contributed by atoms with Crippen molar-refractivity contribution < 1.29 is 8.42 Å². The van der Waals surface area contributed by atoms with E-state index < -0.39 is 9.84 Å². The average molecular weight is 266 g/mol. The van der Waals surface area contributed by atoms with Gasteiger partial charge in [0.2, 0.25) is 0 Å². The van der Waals surface area contributed by atoms with Crippen molar-refractivity contribution in [3.63, 3.8) is 0 Å². The number of aromatic nitrogens is 3. The molecule has 0 bridgehead atoms. The number of nitrogens with zero attached hydrogens (tertiary/aromatic N) is 3. The summed E-state index contributed by atoms with van der Waals surface area (Å²) < 4.78 is 25.3.